The molecule has 2 atom stereocenters. The highest BCUT2D eigenvalue weighted by Gasteiger charge is 2.10. The zero-order valence-corrected chi connectivity index (χ0v) is 10.6. The largest absolute Gasteiger partial charge is 0.308 e. The average molecular weight is 221 g/mol. The summed E-state index contributed by atoms with van der Waals surface area (Å²) in [4.78, 5) is 0. The van der Waals surface area contributed by atoms with Crippen LogP contribution in [0.1, 0.15) is 44.7 Å². The fourth-order valence-electron chi connectivity index (χ4n) is 1.84. The van der Waals surface area contributed by atoms with Crippen molar-refractivity contribution in [3.05, 3.63) is 30.6 Å². The Morgan fingerprint density at radius 2 is 2.31 bits per heavy atom. The van der Waals surface area contributed by atoms with Crippen molar-refractivity contribution in [3.8, 4) is 0 Å². The summed E-state index contributed by atoms with van der Waals surface area (Å²) in [6, 6.07) is 0.905. The summed E-state index contributed by atoms with van der Waals surface area (Å²) in [5.41, 5.74) is 1.25. The Bertz CT molecular complexity index is 317. The van der Waals surface area contributed by atoms with Gasteiger partial charge in [0.15, 0.2) is 0 Å². The first-order valence-corrected chi connectivity index (χ1v) is 5.99. The molecule has 0 aliphatic rings. The van der Waals surface area contributed by atoms with E-state index in [1.807, 2.05) is 24.0 Å². The average Bonchev–Trinajstić information content (AvgIpc) is 2.65. The summed E-state index contributed by atoms with van der Waals surface area (Å²) in [5, 5.41) is 7.76. The molecule has 2 unspecified atom stereocenters. The number of hydrogen-bond acceptors (Lipinski definition) is 2. The van der Waals surface area contributed by atoms with E-state index in [0.717, 1.165) is 6.42 Å². The zero-order valence-electron chi connectivity index (χ0n) is 10.6. The Morgan fingerprint density at radius 3 is 2.88 bits per heavy atom. The SMILES string of the molecule is C=CCCCC(C)NC(C)c1cnn(C)c1. The number of hydrogen-bond donors (Lipinski definition) is 1. The molecule has 0 saturated heterocycles. The fraction of sp³-hybridized carbons (Fsp3) is 0.615. The van der Waals surface area contributed by atoms with E-state index in [1.165, 1.54) is 18.4 Å². The number of unbranched alkanes of at least 4 members (excludes halogenated alkanes) is 1. The summed E-state index contributed by atoms with van der Waals surface area (Å²) in [6.07, 6.45) is 9.47. The number of nitrogens with one attached hydrogen (secondary N) is 1. The Balaban J connectivity index is 2.33. The van der Waals surface area contributed by atoms with Crippen molar-refractivity contribution in [2.24, 2.45) is 7.05 Å². The fourth-order valence-corrected chi connectivity index (χ4v) is 1.84. The van der Waals surface area contributed by atoms with Gasteiger partial charge < -0.3 is 5.32 Å². The highest BCUT2D eigenvalue weighted by atomic mass is 15.2. The highest BCUT2D eigenvalue weighted by molar-refractivity contribution is 5.09. The molecule has 0 aliphatic heterocycles. The monoisotopic (exact) mass is 221 g/mol. The first-order chi connectivity index (χ1) is 7.63. The molecule has 0 bridgehead atoms. The third kappa shape index (κ3) is 4.19. The maximum Gasteiger partial charge on any atom is 0.0537 e. The Morgan fingerprint density at radius 1 is 1.56 bits per heavy atom. The first kappa shape index (κ1) is 13.0. The van der Waals surface area contributed by atoms with Crippen molar-refractivity contribution < 1.29 is 0 Å². The van der Waals surface area contributed by atoms with E-state index in [4.69, 9.17) is 0 Å². The van der Waals surface area contributed by atoms with Gasteiger partial charge in [-0.15, -0.1) is 6.58 Å². The predicted octanol–water partition coefficient (Wildman–Crippen LogP) is 2.82. The van der Waals surface area contributed by atoms with Crippen LogP contribution in [-0.2, 0) is 7.05 Å². The third-order valence-electron chi connectivity index (χ3n) is 2.80. The summed E-state index contributed by atoms with van der Waals surface area (Å²) < 4.78 is 1.84. The second kappa shape index (κ2) is 6.48. The minimum Gasteiger partial charge on any atom is -0.308 e. The molecule has 0 spiro atoms. The van der Waals surface area contributed by atoms with Crippen LogP contribution in [0.4, 0.5) is 0 Å². The lowest BCUT2D eigenvalue weighted by atomic mass is 10.1. The minimum absolute atomic E-state index is 0.368. The lowest BCUT2D eigenvalue weighted by Crippen LogP contribution is -2.28. The maximum absolute atomic E-state index is 4.18. The summed E-state index contributed by atoms with van der Waals surface area (Å²) >= 11 is 0. The molecule has 0 radical (unpaired) electrons. The van der Waals surface area contributed by atoms with Gasteiger partial charge in [0.1, 0.15) is 0 Å². The molecule has 0 fully saturated rings. The van der Waals surface area contributed by atoms with Crippen LogP contribution in [0, 0.1) is 0 Å². The van der Waals surface area contributed by atoms with Crippen LogP contribution in [0.3, 0.4) is 0 Å². The molecule has 0 aromatic carbocycles. The molecule has 1 rings (SSSR count). The third-order valence-corrected chi connectivity index (χ3v) is 2.80. The quantitative estimate of drug-likeness (QED) is 0.567. The summed E-state index contributed by atoms with van der Waals surface area (Å²) in [7, 11) is 1.95. The van der Waals surface area contributed by atoms with E-state index in [-0.39, 0.29) is 0 Å². The molecular weight excluding hydrogens is 198 g/mol. The molecular formula is C13H23N3. The van der Waals surface area contributed by atoms with E-state index >= 15 is 0 Å². The predicted molar refractivity (Wildman–Crippen MR) is 68.3 cm³/mol. The lowest BCUT2D eigenvalue weighted by molar-refractivity contribution is 0.447. The number of nitrogens with zero attached hydrogens (tertiary/aromatic N) is 2. The molecule has 16 heavy (non-hydrogen) atoms. The van der Waals surface area contributed by atoms with Crippen LogP contribution in [0.2, 0.25) is 0 Å². The molecule has 1 aromatic rings. The standard InChI is InChI=1S/C13H23N3/c1-5-6-7-8-11(2)15-12(3)13-9-14-16(4)10-13/h5,9-12,15H,1,6-8H2,2-4H3. The van der Waals surface area contributed by atoms with Crippen molar-refractivity contribution >= 4 is 0 Å². The van der Waals surface area contributed by atoms with Gasteiger partial charge in [0.25, 0.3) is 0 Å². The molecule has 3 nitrogen and oxygen atoms in total. The topological polar surface area (TPSA) is 29.9 Å². The number of rotatable bonds is 7. The zero-order chi connectivity index (χ0) is 12.0. The molecule has 1 heterocycles. The van der Waals surface area contributed by atoms with Gasteiger partial charge in [0.05, 0.1) is 6.20 Å². The number of allylic oxidation sites excluding steroid dienone is 1. The van der Waals surface area contributed by atoms with Crippen LogP contribution in [0.25, 0.3) is 0 Å². The Labute approximate surface area is 98.5 Å². The van der Waals surface area contributed by atoms with Gasteiger partial charge in [0, 0.05) is 30.9 Å². The molecule has 90 valence electrons. The van der Waals surface area contributed by atoms with Crippen LogP contribution in [-0.4, -0.2) is 15.8 Å². The molecule has 3 heteroatoms. The van der Waals surface area contributed by atoms with E-state index in [9.17, 15) is 0 Å². The second-order valence-corrected chi connectivity index (χ2v) is 4.46. The molecule has 0 amide bonds. The van der Waals surface area contributed by atoms with Gasteiger partial charge in [-0.3, -0.25) is 4.68 Å². The van der Waals surface area contributed by atoms with Crippen LogP contribution < -0.4 is 5.32 Å². The van der Waals surface area contributed by atoms with Crippen LogP contribution in [0.5, 0.6) is 0 Å². The Hall–Kier alpha value is -1.09. The van der Waals surface area contributed by atoms with Gasteiger partial charge in [-0.05, 0) is 33.1 Å². The van der Waals surface area contributed by atoms with Crippen molar-refractivity contribution in [1.82, 2.24) is 15.1 Å². The van der Waals surface area contributed by atoms with Crippen molar-refractivity contribution in [2.75, 3.05) is 0 Å². The van der Waals surface area contributed by atoms with Gasteiger partial charge in [-0.25, -0.2) is 0 Å². The van der Waals surface area contributed by atoms with Gasteiger partial charge in [-0.2, -0.15) is 5.10 Å². The molecule has 0 saturated carbocycles. The van der Waals surface area contributed by atoms with Crippen molar-refractivity contribution in [2.45, 2.75) is 45.2 Å². The smallest absolute Gasteiger partial charge is 0.0537 e. The van der Waals surface area contributed by atoms with E-state index in [1.54, 1.807) is 0 Å². The Kier molecular flexibility index (Phi) is 5.26. The highest BCUT2D eigenvalue weighted by Crippen LogP contribution is 2.12. The summed E-state index contributed by atoms with van der Waals surface area (Å²) in [6.45, 7) is 8.15. The summed E-state index contributed by atoms with van der Waals surface area (Å²) in [5.74, 6) is 0. The molecule has 0 aliphatic carbocycles. The molecule has 1 aromatic heterocycles. The van der Waals surface area contributed by atoms with Crippen molar-refractivity contribution in [3.63, 3.8) is 0 Å². The van der Waals surface area contributed by atoms with E-state index < -0.39 is 0 Å². The number of aromatic nitrogens is 2. The van der Waals surface area contributed by atoms with Gasteiger partial charge in [-0.1, -0.05) is 6.08 Å². The van der Waals surface area contributed by atoms with E-state index in [0.29, 0.717) is 12.1 Å². The molecule has 1 N–H and O–H groups in total. The van der Waals surface area contributed by atoms with Crippen LogP contribution in [0.15, 0.2) is 25.0 Å². The lowest BCUT2D eigenvalue weighted by Gasteiger charge is -2.18. The number of aryl methyl sites for hydroxylation is 1. The first-order valence-electron chi connectivity index (χ1n) is 5.99. The second-order valence-electron chi connectivity index (χ2n) is 4.46. The van der Waals surface area contributed by atoms with Gasteiger partial charge >= 0.3 is 0 Å². The maximum atomic E-state index is 4.18. The van der Waals surface area contributed by atoms with E-state index in [2.05, 4.69) is 37.0 Å². The van der Waals surface area contributed by atoms with Crippen LogP contribution >= 0.6 is 0 Å². The minimum atomic E-state index is 0.368. The normalized spacial score (nSPS) is 14.7. The van der Waals surface area contributed by atoms with Gasteiger partial charge in [0.2, 0.25) is 0 Å². The van der Waals surface area contributed by atoms with Crippen molar-refractivity contribution in [1.29, 1.82) is 0 Å².